The molecule has 0 radical (unpaired) electrons. The summed E-state index contributed by atoms with van der Waals surface area (Å²) in [7, 11) is -1.05. The second-order valence-corrected chi connectivity index (χ2v) is 9.25. The van der Waals surface area contributed by atoms with Crippen LogP contribution in [0.25, 0.3) is 5.57 Å². The fraction of sp³-hybridized carbons (Fsp3) is 0.160. The van der Waals surface area contributed by atoms with Crippen molar-refractivity contribution >= 4 is 27.2 Å². The minimum atomic E-state index is -4.07. The highest BCUT2D eigenvalue weighted by Gasteiger charge is 2.39. The molecule has 1 heterocycles. The maximum Gasteiger partial charge on any atom is 0.270 e. The Morgan fingerprint density at radius 2 is 1.64 bits per heavy atom. The third-order valence-electron chi connectivity index (χ3n) is 5.32. The zero-order valence-corrected chi connectivity index (χ0v) is 19.1. The van der Waals surface area contributed by atoms with E-state index in [2.05, 4.69) is 5.32 Å². The van der Waals surface area contributed by atoms with E-state index in [4.69, 9.17) is 9.47 Å². The highest BCUT2D eigenvalue weighted by Crippen LogP contribution is 2.41. The van der Waals surface area contributed by atoms with Crippen molar-refractivity contribution in [1.82, 2.24) is 5.32 Å². The van der Waals surface area contributed by atoms with Gasteiger partial charge >= 0.3 is 0 Å². The van der Waals surface area contributed by atoms with Gasteiger partial charge in [0.1, 0.15) is 18.1 Å². The molecule has 0 bridgehead atoms. The maximum absolute atomic E-state index is 13.4. The molecule has 1 aliphatic heterocycles. The molecule has 0 saturated carbocycles. The summed E-state index contributed by atoms with van der Waals surface area (Å²) >= 11 is 0. The molecule has 7 nitrogen and oxygen atoms in total. The molecule has 0 saturated heterocycles. The van der Waals surface area contributed by atoms with Crippen LogP contribution in [0.1, 0.15) is 11.1 Å². The summed E-state index contributed by atoms with van der Waals surface area (Å²) < 4.78 is 38.7. The lowest BCUT2D eigenvalue weighted by molar-refractivity contribution is -0.116. The smallest absolute Gasteiger partial charge is 0.270 e. The average Bonchev–Trinajstić information content (AvgIpc) is 2.84. The molecule has 3 aromatic carbocycles. The quantitative estimate of drug-likeness (QED) is 0.542. The molecule has 0 aliphatic carbocycles. The number of sulfonamides is 1. The number of hydrogen-bond acceptors (Lipinski definition) is 5. The van der Waals surface area contributed by atoms with E-state index in [1.54, 1.807) is 55.6 Å². The van der Waals surface area contributed by atoms with E-state index < -0.39 is 15.9 Å². The number of amides is 1. The molecule has 1 amide bonds. The largest absolute Gasteiger partial charge is 0.497 e. The predicted molar refractivity (Wildman–Crippen MR) is 128 cm³/mol. The van der Waals surface area contributed by atoms with Gasteiger partial charge in [-0.3, -0.25) is 9.10 Å². The van der Waals surface area contributed by atoms with Crippen molar-refractivity contribution in [1.29, 1.82) is 0 Å². The van der Waals surface area contributed by atoms with E-state index in [1.807, 2.05) is 30.3 Å². The van der Waals surface area contributed by atoms with Gasteiger partial charge in [0.05, 0.1) is 19.3 Å². The number of carbonyl (C=O) groups excluding carboxylic acids is 1. The van der Waals surface area contributed by atoms with Gasteiger partial charge in [-0.2, -0.15) is 0 Å². The SMILES string of the molecule is COc1cccc(OCCNC(=O)C2=C(c3ccccc3)c3ccccc3N(C)S2(=O)=O)c1. The van der Waals surface area contributed by atoms with Crippen molar-refractivity contribution in [2.45, 2.75) is 0 Å². The number of nitrogens with zero attached hydrogens (tertiary/aromatic N) is 1. The lowest BCUT2D eigenvalue weighted by Crippen LogP contribution is -2.40. The minimum Gasteiger partial charge on any atom is -0.497 e. The maximum atomic E-state index is 13.4. The number of nitrogens with one attached hydrogen (secondary N) is 1. The van der Waals surface area contributed by atoms with Crippen molar-refractivity contribution in [2.75, 3.05) is 31.6 Å². The molecular weight excluding hydrogens is 440 g/mol. The molecule has 8 heteroatoms. The topological polar surface area (TPSA) is 84.9 Å². The first-order chi connectivity index (χ1) is 15.9. The lowest BCUT2D eigenvalue weighted by Gasteiger charge is -2.30. The fourth-order valence-electron chi connectivity index (χ4n) is 3.70. The Morgan fingerprint density at radius 1 is 0.939 bits per heavy atom. The molecule has 0 fully saturated rings. The van der Waals surface area contributed by atoms with Crippen molar-refractivity contribution < 1.29 is 22.7 Å². The first-order valence-corrected chi connectivity index (χ1v) is 11.8. The fourth-order valence-corrected chi connectivity index (χ4v) is 5.19. The molecule has 3 aromatic rings. The molecule has 170 valence electrons. The van der Waals surface area contributed by atoms with Crippen LogP contribution in [0.5, 0.6) is 11.5 Å². The number of rotatable bonds is 7. The summed E-state index contributed by atoms with van der Waals surface area (Å²) in [6.07, 6.45) is 0. The summed E-state index contributed by atoms with van der Waals surface area (Å²) in [4.78, 5) is 12.9. The molecule has 33 heavy (non-hydrogen) atoms. The third-order valence-corrected chi connectivity index (χ3v) is 7.15. The van der Waals surface area contributed by atoms with Gasteiger partial charge in [-0.15, -0.1) is 0 Å². The Kier molecular flexibility index (Phi) is 6.37. The zero-order valence-electron chi connectivity index (χ0n) is 18.3. The van der Waals surface area contributed by atoms with Gasteiger partial charge in [0.25, 0.3) is 15.9 Å². The predicted octanol–water partition coefficient (Wildman–Crippen LogP) is 3.43. The van der Waals surface area contributed by atoms with E-state index in [0.29, 0.717) is 33.9 Å². The third kappa shape index (κ3) is 4.42. The van der Waals surface area contributed by atoms with Crippen LogP contribution in [0.4, 0.5) is 5.69 Å². The second-order valence-electron chi connectivity index (χ2n) is 7.34. The molecule has 0 spiro atoms. The van der Waals surface area contributed by atoms with Gasteiger partial charge < -0.3 is 14.8 Å². The van der Waals surface area contributed by atoms with Gasteiger partial charge in [0, 0.05) is 24.3 Å². The monoisotopic (exact) mass is 464 g/mol. The lowest BCUT2D eigenvalue weighted by atomic mass is 9.95. The molecule has 4 rings (SSSR count). The van der Waals surface area contributed by atoms with Gasteiger partial charge in [-0.25, -0.2) is 8.42 Å². The first-order valence-electron chi connectivity index (χ1n) is 10.4. The van der Waals surface area contributed by atoms with E-state index in [9.17, 15) is 13.2 Å². The number of benzene rings is 3. The number of anilines is 1. The van der Waals surface area contributed by atoms with Crippen LogP contribution in [-0.2, 0) is 14.8 Å². The summed E-state index contributed by atoms with van der Waals surface area (Å²) in [5.41, 5.74) is 2.24. The van der Waals surface area contributed by atoms with E-state index in [0.717, 1.165) is 4.31 Å². The molecule has 0 aromatic heterocycles. The highest BCUT2D eigenvalue weighted by atomic mass is 32.2. The molecule has 1 N–H and O–H groups in total. The van der Waals surface area contributed by atoms with Crippen LogP contribution >= 0.6 is 0 Å². The summed E-state index contributed by atoms with van der Waals surface area (Å²) in [5.74, 6) is 0.570. The Morgan fingerprint density at radius 3 is 2.39 bits per heavy atom. The van der Waals surface area contributed by atoms with E-state index in [-0.39, 0.29) is 18.1 Å². The van der Waals surface area contributed by atoms with Crippen LogP contribution in [0.2, 0.25) is 0 Å². The number of fused-ring (bicyclic) bond motifs is 1. The van der Waals surface area contributed by atoms with Gasteiger partial charge in [0.2, 0.25) is 0 Å². The van der Waals surface area contributed by atoms with Crippen LogP contribution in [-0.4, -0.2) is 41.6 Å². The number of para-hydroxylation sites is 1. The zero-order chi connectivity index (χ0) is 23.4. The Hall–Kier alpha value is -3.78. The van der Waals surface area contributed by atoms with Gasteiger partial charge in [0.15, 0.2) is 4.91 Å². The average molecular weight is 465 g/mol. The summed E-state index contributed by atoms with van der Waals surface area (Å²) in [6, 6.07) is 23.3. The molecule has 1 aliphatic rings. The normalized spacial score (nSPS) is 14.4. The Bertz CT molecular complexity index is 1300. The minimum absolute atomic E-state index is 0.127. The summed E-state index contributed by atoms with van der Waals surface area (Å²) in [5, 5.41) is 2.70. The van der Waals surface area contributed by atoms with Crippen LogP contribution in [0.15, 0.2) is 83.8 Å². The van der Waals surface area contributed by atoms with Crippen molar-refractivity contribution in [3.8, 4) is 11.5 Å². The summed E-state index contributed by atoms with van der Waals surface area (Å²) in [6.45, 7) is 0.293. The van der Waals surface area contributed by atoms with Crippen molar-refractivity contribution in [3.63, 3.8) is 0 Å². The van der Waals surface area contributed by atoms with Gasteiger partial charge in [-0.1, -0.05) is 54.6 Å². The number of ether oxygens (including phenoxy) is 2. The molecule has 0 atom stereocenters. The second kappa shape index (κ2) is 9.38. The van der Waals surface area contributed by atoms with E-state index >= 15 is 0 Å². The molecule has 0 unspecified atom stereocenters. The van der Waals surface area contributed by atoms with Crippen LogP contribution in [0, 0.1) is 0 Å². The standard InChI is InChI=1S/C25H24N2O5S/c1-27-22-14-7-6-13-21(22)23(18-9-4-3-5-10-18)24(33(27,29)30)25(28)26-15-16-32-20-12-8-11-19(17-20)31-2/h3-14,17H,15-16H2,1-2H3,(H,26,28). The van der Waals surface area contributed by atoms with Crippen molar-refractivity contribution in [2.24, 2.45) is 0 Å². The van der Waals surface area contributed by atoms with Crippen molar-refractivity contribution in [3.05, 3.63) is 94.9 Å². The van der Waals surface area contributed by atoms with Crippen LogP contribution in [0.3, 0.4) is 0 Å². The van der Waals surface area contributed by atoms with E-state index in [1.165, 1.54) is 7.05 Å². The highest BCUT2D eigenvalue weighted by molar-refractivity contribution is 7.97. The Labute approximate surface area is 193 Å². The Balaban J connectivity index is 1.63. The first kappa shape index (κ1) is 22.4. The number of hydrogen-bond donors (Lipinski definition) is 1. The number of carbonyl (C=O) groups is 1. The van der Waals surface area contributed by atoms with Crippen LogP contribution < -0.4 is 19.1 Å². The number of methoxy groups -OCH3 is 1. The van der Waals surface area contributed by atoms with Gasteiger partial charge in [-0.05, 0) is 23.8 Å². The molecular formula is C25H24N2O5S.